The quantitative estimate of drug-likeness (QED) is 0.767. The van der Waals surface area contributed by atoms with Crippen molar-refractivity contribution in [2.75, 3.05) is 40.3 Å². The summed E-state index contributed by atoms with van der Waals surface area (Å²) in [5.41, 5.74) is 1.09. The summed E-state index contributed by atoms with van der Waals surface area (Å²) in [6.07, 6.45) is 5.40. The van der Waals surface area contributed by atoms with Crippen LogP contribution in [0.1, 0.15) is 31.2 Å². The molecule has 1 amide bonds. The molecule has 2 unspecified atom stereocenters. The number of halogens is 1. The van der Waals surface area contributed by atoms with E-state index in [1.54, 1.807) is 0 Å². The van der Waals surface area contributed by atoms with Crippen LogP contribution in [0, 0.1) is 0 Å². The summed E-state index contributed by atoms with van der Waals surface area (Å²) in [5.74, 6) is 0.244. The highest BCUT2D eigenvalue weighted by molar-refractivity contribution is 9.10. The van der Waals surface area contributed by atoms with Gasteiger partial charge in [-0.15, -0.1) is 0 Å². The molecule has 1 heterocycles. The highest BCUT2D eigenvalue weighted by Crippen LogP contribution is 2.28. The van der Waals surface area contributed by atoms with Gasteiger partial charge in [-0.05, 0) is 37.6 Å². The van der Waals surface area contributed by atoms with Crippen molar-refractivity contribution in [2.24, 2.45) is 0 Å². The summed E-state index contributed by atoms with van der Waals surface area (Å²) in [4.78, 5) is 19.9. The Kier molecular flexibility index (Phi) is 6.53. The number of carbonyl (C=O) groups excluding carboxylic acids is 1. The van der Waals surface area contributed by atoms with Gasteiger partial charge in [-0.2, -0.15) is 0 Å². The zero-order valence-corrected chi connectivity index (χ0v) is 17.0. The second kappa shape index (κ2) is 8.65. The number of likely N-dealkylation sites (N-methyl/N-ethyl adjacent to an activating group) is 2. The maximum absolute atomic E-state index is 12.9. The number of carbonyl (C=O) groups is 1. The maximum Gasteiger partial charge on any atom is 0.227 e. The van der Waals surface area contributed by atoms with E-state index in [0.29, 0.717) is 18.5 Å². The molecule has 138 valence electrons. The Labute approximate surface area is 160 Å². The molecule has 0 bridgehead atoms. The van der Waals surface area contributed by atoms with E-state index in [-0.39, 0.29) is 5.91 Å². The molecular weight excluding hydrogens is 378 g/mol. The van der Waals surface area contributed by atoms with E-state index >= 15 is 0 Å². The lowest BCUT2D eigenvalue weighted by molar-refractivity contribution is -0.133. The number of rotatable bonds is 4. The largest absolute Gasteiger partial charge is 0.341 e. The van der Waals surface area contributed by atoms with E-state index in [4.69, 9.17) is 0 Å². The third kappa shape index (κ3) is 4.83. The molecule has 25 heavy (non-hydrogen) atoms. The highest BCUT2D eigenvalue weighted by Gasteiger charge is 2.35. The predicted octanol–water partition coefficient (Wildman–Crippen LogP) is 3.01. The van der Waals surface area contributed by atoms with Crippen LogP contribution in [0.3, 0.4) is 0 Å². The van der Waals surface area contributed by atoms with Crippen molar-refractivity contribution < 1.29 is 4.79 Å². The van der Waals surface area contributed by atoms with Gasteiger partial charge in [-0.25, -0.2) is 0 Å². The van der Waals surface area contributed by atoms with Gasteiger partial charge in [0, 0.05) is 49.8 Å². The molecule has 1 saturated carbocycles. The summed E-state index contributed by atoms with van der Waals surface area (Å²) in [6, 6.07) is 8.98. The van der Waals surface area contributed by atoms with Crippen LogP contribution in [0.5, 0.6) is 0 Å². The SMILES string of the molecule is CN1CCN(C2CCCCC2N(C)C(=O)Cc2ccc(Br)cc2)CC1. The standard InChI is InChI=1S/C20H30BrN3O/c1-22-11-13-24(14-12-22)19-6-4-3-5-18(19)23(2)20(25)15-16-7-9-17(21)10-8-16/h7-10,18-19H,3-6,11-15H2,1-2H3. The van der Waals surface area contributed by atoms with Crippen molar-refractivity contribution >= 4 is 21.8 Å². The molecule has 0 N–H and O–H groups in total. The molecule has 4 nitrogen and oxygen atoms in total. The molecule has 0 aromatic heterocycles. The van der Waals surface area contributed by atoms with Gasteiger partial charge < -0.3 is 9.80 Å². The van der Waals surface area contributed by atoms with Gasteiger partial charge in [0.15, 0.2) is 0 Å². The molecule has 1 aromatic rings. The Morgan fingerprint density at radius 1 is 1.12 bits per heavy atom. The van der Waals surface area contributed by atoms with Gasteiger partial charge in [0.2, 0.25) is 5.91 Å². The van der Waals surface area contributed by atoms with Crippen LogP contribution in [0.25, 0.3) is 0 Å². The molecule has 5 heteroatoms. The lowest BCUT2D eigenvalue weighted by atomic mass is 9.87. The highest BCUT2D eigenvalue weighted by atomic mass is 79.9. The Morgan fingerprint density at radius 3 is 2.44 bits per heavy atom. The molecule has 2 fully saturated rings. The third-order valence-corrected chi connectivity index (χ3v) is 6.39. The van der Waals surface area contributed by atoms with Crippen molar-refractivity contribution in [3.63, 3.8) is 0 Å². The first-order valence-corrected chi connectivity index (χ1v) is 10.3. The fourth-order valence-corrected chi connectivity index (χ4v) is 4.47. The summed E-state index contributed by atoms with van der Waals surface area (Å²) in [7, 11) is 4.21. The van der Waals surface area contributed by atoms with Crippen LogP contribution in [-0.4, -0.2) is 73.0 Å². The summed E-state index contributed by atoms with van der Waals surface area (Å²) >= 11 is 3.45. The van der Waals surface area contributed by atoms with Crippen molar-refractivity contribution in [3.05, 3.63) is 34.3 Å². The number of hydrogen-bond acceptors (Lipinski definition) is 3. The molecule has 0 radical (unpaired) electrons. The van der Waals surface area contributed by atoms with Crippen molar-refractivity contribution in [3.8, 4) is 0 Å². The Morgan fingerprint density at radius 2 is 1.76 bits per heavy atom. The summed E-state index contributed by atoms with van der Waals surface area (Å²) in [5, 5.41) is 0. The summed E-state index contributed by atoms with van der Waals surface area (Å²) < 4.78 is 1.06. The van der Waals surface area contributed by atoms with Crippen LogP contribution in [0.4, 0.5) is 0 Å². The second-order valence-electron chi connectivity index (χ2n) is 7.57. The number of hydrogen-bond donors (Lipinski definition) is 0. The molecule has 1 aliphatic carbocycles. The van der Waals surface area contributed by atoms with Gasteiger partial charge in [-0.3, -0.25) is 9.69 Å². The lowest BCUT2D eigenvalue weighted by Gasteiger charge is -2.46. The van der Waals surface area contributed by atoms with E-state index in [1.807, 2.05) is 36.2 Å². The molecular formula is C20H30BrN3O. The minimum absolute atomic E-state index is 0.244. The predicted molar refractivity (Wildman–Crippen MR) is 106 cm³/mol. The topological polar surface area (TPSA) is 26.8 Å². The van der Waals surface area contributed by atoms with E-state index in [2.05, 4.69) is 32.8 Å². The number of nitrogens with zero attached hydrogens (tertiary/aromatic N) is 3. The van der Waals surface area contributed by atoms with Crippen LogP contribution >= 0.6 is 15.9 Å². The molecule has 1 aromatic carbocycles. The first kappa shape index (κ1) is 18.9. The Hall–Kier alpha value is -0.910. The number of piperazine rings is 1. The first-order chi connectivity index (χ1) is 12.0. The van der Waals surface area contributed by atoms with Crippen LogP contribution in [0.15, 0.2) is 28.7 Å². The molecule has 0 spiro atoms. The zero-order valence-electron chi connectivity index (χ0n) is 15.5. The van der Waals surface area contributed by atoms with Gasteiger partial charge in [0.1, 0.15) is 0 Å². The van der Waals surface area contributed by atoms with E-state index < -0.39 is 0 Å². The van der Waals surface area contributed by atoms with E-state index in [1.165, 1.54) is 19.3 Å². The number of amides is 1. The monoisotopic (exact) mass is 407 g/mol. The molecule has 1 aliphatic heterocycles. The van der Waals surface area contributed by atoms with Crippen molar-refractivity contribution in [1.82, 2.24) is 14.7 Å². The van der Waals surface area contributed by atoms with Gasteiger partial charge >= 0.3 is 0 Å². The maximum atomic E-state index is 12.9. The van der Waals surface area contributed by atoms with Crippen LogP contribution in [0.2, 0.25) is 0 Å². The Bertz CT molecular complexity index is 569. The van der Waals surface area contributed by atoms with Crippen molar-refractivity contribution in [1.29, 1.82) is 0 Å². The van der Waals surface area contributed by atoms with Crippen LogP contribution in [-0.2, 0) is 11.2 Å². The fraction of sp³-hybridized carbons (Fsp3) is 0.650. The third-order valence-electron chi connectivity index (χ3n) is 5.86. The Balaban J connectivity index is 1.64. The van der Waals surface area contributed by atoms with Gasteiger partial charge in [-0.1, -0.05) is 40.9 Å². The molecule has 2 atom stereocenters. The zero-order chi connectivity index (χ0) is 17.8. The van der Waals surface area contributed by atoms with Crippen LogP contribution < -0.4 is 0 Å². The first-order valence-electron chi connectivity index (χ1n) is 9.47. The van der Waals surface area contributed by atoms with E-state index in [0.717, 1.165) is 42.6 Å². The normalized spacial score (nSPS) is 25.7. The minimum atomic E-state index is 0.244. The van der Waals surface area contributed by atoms with Crippen molar-refractivity contribution in [2.45, 2.75) is 44.2 Å². The summed E-state index contributed by atoms with van der Waals surface area (Å²) in [6.45, 7) is 4.54. The van der Waals surface area contributed by atoms with Gasteiger partial charge in [0.05, 0.1) is 6.42 Å². The average molecular weight is 408 g/mol. The van der Waals surface area contributed by atoms with Gasteiger partial charge in [0.25, 0.3) is 0 Å². The average Bonchev–Trinajstić information content (AvgIpc) is 2.63. The second-order valence-corrected chi connectivity index (χ2v) is 8.48. The van der Waals surface area contributed by atoms with E-state index in [9.17, 15) is 4.79 Å². The lowest BCUT2D eigenvalue weighted by Crippen LogP contribution is -2.58. The number of benzene rings is 1. The molecule has 1 saturated heterocycles. The molecule has 2 aliphatic rings. The minimum Gasteiger partial charge on any atom is -0.341 e. The molecule has 3 rings (SSSR count). The fourth-order valence-electron chi connectivity index (χ4n) is 4.21. The smallest absolute Gasteiger partial charge is 0.227 e.